The van der Waals surface area contributed by atoms with Crippen molar-refractivity contribution in [2.45, 2.75) is 44.9 Å². The Kier molecular flexibility index (Phi) is 11.0. The minimum absolute atomic E-state index is 0.0835. The molecule has 0 bridgehead atoms. The Morgan fingerprint density at radius 3 is 2.07 bits per heavy atom. The van der Waals surface area contributed by atoms with Gasteiger partial charge in [0.05, 0.1) is 6.61 Å². The monoisotopic (exact) mass is 216 g/mol. The SMILES string of the molecule is NCCCCCOC(=O)CCCCCN. The van der Waals surface area contributed by atoms with Crippen LogP contribution in [0.25, 0.3) is 0 Å². The van der Waals surface area contributed by atoms with Crippen molar-refractivity contribution in [1.82, 2.24) is 0 Å². The van der Waals surface area contributed by atoms with Gasteiger partial charge in [-0.25, -0.2) is 0 Å². The molecule has 90 valence electrons. The van der Waals surface area contributed by atoms with E-state index in [2.05, 4.69) is 0 Å². The summed E-state index contributed by atoms with van der Waals surface area (Å²) in [5, 5.41) is 0. The van der Waals surface area contributed by atoms with Gasteiger partial charge in [-0.1, -0.05) is 6.42 Å². The molecule has 0 fully saturated rings. The van der Waals surface area contributed by atoms with Gasteiger partial charge in [-0.3, -0.25) is 4.79 Å². The van der Waals surface area contributed by atoms with Gasteiger partial charge >= 0.3 is 5.97 Å². The Bertz CT molecular complexity index is 152. The van der Waals surface area contributed by atoms with E-state index >= 15 is 0 Å². The summed E-state index contributed by atoms with van der Waals surface area (Å²) >= 11 is 0. The lowest BCUT2D eigenvalue weighted by atomic mass is 10.2. The van der Waals surface area contributed by atoms with Crippen LogP contribution in [0.4, 0.5) is 0 Å². The lowest BCUT2D eigenvalue weighted by molar-refractivity contribution is -0.143. The van der Waals surface area contributed by atoms with Crippen molar-refractivity contribution in [3.63, 3.8) is 0 Å². The Morgan fingerprint density at radius 2 is 1.47 bits per heavy atom. The molecule has 0 unspecified atom stereocenters. The largest absolute Gasteiger partial charge is 0.466 e. The average Bonchev–Trinajstić information content (AvgIpc) is 2.24. The minimum atomic E-state index is -0.0835. The summed E-state index contributed by atoms with van der Waals surface area (Å²) in [6, 6.07) is 0. The standard InChI is InChI=1S/C11H24N2O2/c12-8-4-1-3-7-11(14)15-10-6-2-5-9-13/h1-10,12-13H2. The molecule has 0 heterocycles. The molecular weight excluding hydrogens is 192 g/mol. The van der Waals surface area contributed by atoms with Crippen molar-refractivity contribution in [3.05, 3.63) is 0 Å². The number of esters is 1. The normalized spacial score (nSPS) is 10.3. The topological polar surface area (TPSA) is 78.3 Å². The summed E-state index contributed by atoms with van der Waals surface area (Å²) in [4.78, 5) is 11.2. The molecule has 4 heteroatoms. The predicted octanol–water partition coefficient (Wildman–Crippen LogP) is 1.18. The van der Waals surface area contributed by atoms with E-state index in [1.165, 1.54) is 0 Å². The summed E-state index contributed by atoms with van der Waals surface area (Å²) in [5.74, 6) is -0.0835. The Balaban J connectivity index is 3.11. The molecule has 4 nitrogen and oxygen atoms in total. The quantitative estimate of drug-likeness (QED) is 0.424. The number of rotatable bonds is 10. The van der Waals surface area contributed by atoms with Gasteiger partial charge in [0.1, 0.15) is 0 Å². The predicted molar refractivity (Wildman–Crippen MR) is 61.4 cm³/mol. The van der Waals surface area contributed by atoms with Crippen LogP contribution in [0.1, 0.15) is 44.9 Å². The third-order valence-electron chi connectivity index (χ3n) is 2.20. The molecule has 0 rings (SSSR count). The highest BCUT2D eigenvalue weighted by Gasteiger charge is 2.01. The number of carbonyl (C=O) groups excluding carboxylic acids is 1. The number of unbranched alkanes of at least 4 members (excludes halogenated alkanes) is 4. The zero-order valence-electron chi connectivity index (χ0n) is 9.54. The maximum absolute atomic E-state index is 11.2. The van der Waals surface area contributed by atoms with Crippen LogP contribution < -0.4 is 11.5 Å². The van der Waals surface area contributed by atoms with Crippen LogP contribution in [-0.2, 0) is 9.53 Å². The number of hydrogen-bond donors (Lipinski definition) is 2. The Labute approximate surface area is 92.3 Å². The summed E-state index contributed by atoms with van der Waals surface area (Å²) in [5.41, 5.74) is 10.7. The first-order chi connectivity index (χ1) is 7.31. The van der Waals surface area contributed by atoms with Gasteiger partial charge in [0.15, 0.2) is 0 Å². The minimum Gasteiger partial charge on any atom is -0.466 e. The molecule has 0 spiro atoms. The second kappa shape index (κ2) is 11.5. The van der Waals surface area contributed by atoms with E-state index in [0.717, 1.165) is 38.5 Å². The Morgan fingerprint density at radius 1 is 0.867 bits per heavy atom. The number of hydrogen-bond acceptors (Lipinski definition) is 4. The molecule has 0 aliphatic heterocycles. The molecule has 0 aromatic rings. The van der Waals surface area contributed by atoms with Crippen LogP contribution in [0.2, 0.25) is 0 Å². The Hall–Kier alpha value is -0.610. The highest BCUT2D eigenvalue weighted by molar-refractivity contribution is 5.69. The van der Waals surface area contributed by atoms with Gasteiger partial charge in [0.25, 0.3) is 0 Å². The van der Waals surface area contributed by atoms with Crippen molar-refractivity contribution in [3.8, 4) is 0 Å². The molecule has 0 aromatic heterocycles. The van der Waals surface area contributed by atoms with Crippen LogP contribution >= 0.6 is 0 Å². The summed E-state index contributed by atoms with van der Waals surface area (Å²) in [6.45, 7) is 1.96. The fourth-order valence-corrected chi connectivity index (χ4v) is 1.27. The van der Waals surface area contributed by atoms with Crippen molar-refractivity contribution >= 4 is 5.97 Å². The molecule has 0 aromatic carbocycles. The van der Waals surface area contributed by atoms with Gasteiger partial charge in [-0.2, -0.15) is 0 Å². The zero-order valence-corrected chi connectivity index (χ0v) is 9.54. The van der Waals surface area contributed by atoms with Crippen LogP contribution in [0.3, 0.4) is 0 Å². The maximum atomic E-state index is 11.2. The van der Waals surface area contributed by atoms with Gasteiger partial charge in [-0.15, -0.1) is 0 Å². The van der Waals surface area contributed by atoms with E-state index in [4.69, 9.17) is 16.2 Å². The average molecular weight is 216 g/mol. The van der Waals surface area contributed by atoms with Gasteiger partial charge < -0.3 is 16.2 Å². The second-order valence-electron chi connectivity index (χ2n) is 3.67. The van der Waals surface area contributed by atoms with E-state index in [1.807, 2.05) is 0 Å². The molecule has 15 heavy (non-hydrogen) atoms. The second-order valence-corrected chi connectivity index (χ2v) is 3.67. The number of ether oxygens (including phenoxy) is 1. The van der Waals surface area contributed by atoms with Gasteiger partial charge in [0, 0.05) is 6.42 Å². The van der Waals surface area contributed by atoms with Crippen molar-refractivity contribution < 1.29 is 9.53 Å². The van der Waals surface area contributed by atoms with E-state index in [9.17, 15) is 4.79 Å². The molecule has 0 amide bonds. The van der Waals surface area contributed by atoms with Crippen LogP contribution in [0.5, 0.6) is 0 Å². The molecule has 0 aliphatic carbocycles. The lowest BCUT2D eigenvalue weighted by Crippen LogP contribution is -2.07. The smallest absolute Gasteiger partial charge is 0.305 e. The van der Waals surface area contributed by atoms with E-state index in [-0.39, 0.29) is 5.97 Å². The molecular formula is C11H24N2O2. The van der Waals surface area contributed by atoms with Crippen molar-refractivity contribution in [2.75, 3.05) is 19.7 Å². The van der Waals surface area contributed by atoms with Crippen LogP contribution in [-0.4, -0.2) is 25.7 Å². The van der Waals surface area contributed by atoms with Crippen LogP contribution in [0, 0.1) is 0 Å². The molecule has 0 aliphatic rings. The fourth-order valence-electron chi connectivity index (χ4n) is 1.27. The number of carbonyl (C=O) groups is 1. The summed E-state index contributed by atoms with van der Waals surface area (Å²) in [6.07, 6.45) is 6.38. The third-order valence-corrected chi connectivity index (χ3v) is 2.20. The van der Waals surface area contributed by atoms with Gasteiger partial charge in [-0.05, 0) is 45.2 Å². The molecule has 0 saturated heterocycles. The summed E-state index contributed by atoms with van der Waals surface area (Å²) < 4.78 is 5.06. The first-order valence-corrected chi connectivity index (χ1v) is 5.87. The third kappa shape index (κ3) is 11.3. The zero-order chi connectivity index (χ0) is 11.4. The van der Waals surface area contributed by atoms with E-state index in [0.29, 0.717) is 26.1 Å². The van der Waals surface area contributed by atoms with E-state index in [1.54, 1.807) is 0 Å². The van der Waals surface area contributed by atoms with Gasteiger partial charge in [0.2, 0.25) is 0 Å². The highest BCUT2D eigenvalue weighted by atomic mass is 16.5. The highest BCUT2D eigenvalue weighted by Crippen LogP contribution is 2.01. The first-order valence-electron chi connectivity index (χ1n) is 5.87. The maximum Gasteiger partial charge on any atom is 0.305 e. The van der Waals surface area contributed by atoms with Crippen molar-refractivity contribution in [1.29, 1.82) is 0 Å². The molecule has 0 saturated carbocycles. The van der Waals surface area contributed by atoms with Crippen LogP contribution in [0.15, 0.2) is 0 Å². The molecule has 4 N–H and O–H groups in total. The fraction of sp³-hybridized carbons (Fsp3) is 0.909. The van der Waals surface area contributed by atoms with Crippen molar-refractivity contribution in [2.24, 2.45) is 11.5 Å². The number of nitrogens with two attached hydrogens (primary N) is 2. The van der Waals surface area contributed by atoms with E-state index < -0.39 is 0 Å². The molecule has 0 radical (unpaired) electrons. The molecule has 0 atom stereocenters. The first kappa shape index (κ1) is 14.4. The lowest BCUT2D eigenvalue weighted by Gasteiger charge is -2.04. The summed E-state index contributed by atoms with van der Waals surface area (Å²) in [7, 11) is 0.